The van der Waals surface area contributed by atoms with Crippen LogP contribution in [-0.4, -0.2) is 38.1 Å². The lowest BCUT2D eigenvalue weighted by Gasteiger charge is -2.10. The monoisotopic (exact) mass is 425 g/mol. The third kappa shape index (κ3) is 4.01. The first-order valence-electron chi connectivity index (χ1n) is 8.98. The van der Waals surface area contributed by atoms with Gasteiger partial charge in [-0.3, -0.25) is 14.4 Å². The summed E-state index contributed by atoms with van der Waals surface area (Å²) in [6, 6.07) is 8.23. The Morgan fingerprint density at radius 1 is 1.10 bits per heavy atom. The van der Waals surface area contributed by atoms with E-state index in [2.05, 4.69) is 29.9 Å². The average molecular weight is 425 g/mol. The van der Waals surface area contributed by atoms with Crippen LogP contribution in [0.15, 0.2) is 53.9 Å². The van der Waals surface area contributed by atoms with Gasteiger partial charge < -0.3 is 4.74 Å². The molecule has 0 unspecified atom stereocenters. The molecule has 10 nitrogen and oxygen atoms in total. The van der Waals surface area contributed by atoms with E-state index in [1.165, 1.54) is 0 Å². The lowest BCUT2D eigenvalue weighted by atomic mass is 10.3. The summed E-state index contributed by atoms with van der Waals surface area (Å²) >= 11 is 0. The Balaban J connectivity index is 1.52. The zero-order chi connectivity index (χ0) is 21.3. The highest BCUT2D eigenvalue weighted by Gasteiger charge is 2.22. The number of nitrogens with one attached hydrogen (secondary N) is 2. The van der Waals surface area contributed by atoms with Crippen molar-refractivity contribution in [1.29, 1.82) is 0 Å². The first kappa shape index (κ1) is 19.6. The number of benzene rings is 1. The van der Waals surface area contributed by atoms with E-state index >= 15 is 0 Å². The molecule has 0 amide bonds. The maximum absolute atomic E-state index is 12.6. The van der Waals surface area contributed by atoms with Crippen molar-refractivity contribution in [3.8, 4) is 17.4 Å². The standard InChI is InChI=1S/C19H19N7O3S/c1-12-19(13(2)24-23-12)30(27,28)25-15-4-6-16(7-5-15)29-18-10-17(21-14(3)22-18)26-9-8-20-11-26/h4-11,25H,1-3H3,(H,23,24). The molecule has 3 heterocycles. The number of rotatable bonds is 6. The van der Waals surface area contributed by atoms with Crippen LogP contribution in [0, 0.1) is 20.8 Å². The minimum atomic E-state index is -3.75. The van der Waals surface area contributed by atoms with Crippen LogP contribution < -0.4 is 9.46 Å². The van der Waals surface area contributed by atoms with Gasteiger partial charge in [-0.15, -0.1) is 0 Å². The fourth-order valence-electron chi connectivity index (χ4n) is 2.96. The number of aromatic nitrogens is 6. The number of nitrogens with zero attached hydrogens (tertiary/aromatic N) is 5. The summed E-state index contributed by atoms with van der Waals surface area (Å²) in [7, 11) is -3.75. The Morgan fingerprint density at radius 3 is 2.50 bits per heavy atom. The van der Waals surface area contributed by atoms with Crippen molar-refractivity contribution < 1.29 is 13.2 Å². The molecule has 0 atom stereocenters. The second kappa shape index (κ2) is 7.59. The molecule has 3 aromatic heterocycles. The van der Waals surface area contributed by atoms with Gasteiger partial charge in [-0.05, 0) is 45.0 Å². The first-order chi connectivity index (χ1) is 14.3. The Hall–Kier alpha value is -3.73. The number of aryl methyl sites for hydroxylation is 3. The summed E-state index contributed by atoms with van der Waals surface area (Å²) in [4.78, 5) is 12.8. The van der Waals surface area contributed by atoms with Crippen LogP contribution in [0.4, 0.5) is 5.69 Å². The molecule has 4 aromatic rings. The van der Waals surface area contributed by atoms with E-state index in [1.807, 2.05) is 0 Å². The summed E-state index contributed by atoms with van der Waals surface area (Å²) in [6.45, 7) is 5.06. The highest BCUT2D eigenvalue weighted by molar-refractivity contribution is 7.92. The van der Waals surface area contributed by atoms with Gasteiger partial charge in [0.05, 0.1) is 11.4 Å². The quantitative estimate of drug-likeness (QED) is 0.486. The SMILES string of the molecule is Cc1nc(Oc2ccc(NS(=O)(=O)c3c(C)n[nH]c3C)cc2)cc(-n2ccnc2)n1. The fourth-order valence-corrected chi connectivity index (χ4v) is 4.39. The summed E-state index contributed by atoms with van der Waals surface area (Å²) in [6.07, 6.45) is 5.07. The number of anilines is 1. The van der Waals surface area contributed by atoms with Crippen molar-refractivity contribution in [3.05, 3.63) is 66.3 Å². The van der Waals surface area contributed by atoms with Gasteiger partial charge in [0.2, 0.25) is 5.88 Å². The van der Waals surface area contributed by atoms with Crippen molar-refractivity contribution in [1.82, 2.24) is 29.7 Å². The molecule has 0 aliphatic heterocycles. The van der Waals surface area contributed by atoms with Gasteiger partial charge in [0.1, 0.15) is 28.6 Å². The topological polar surface area (TPSA) is 128 Å². The highest BCUT2D eigenvalue weighted by Crippen LogP contribution is 2.25. The molecule has 154 valence electrons. The predicted octanol–water partition coefficient (Wildman–Crippen LogP) is 2.90. The molecule has 0 saturated carbocycles. The van der Waals surface area contributed by atoms with Gasteiger partial charge in [-0.1, -0.05) is 0 Å². The molecule has 4 rings (SSSR count). The molecule has 0 bridgehead atoms. The molecule has 0 aliphatic rings. The van der Waals surface area contributed by atoms with E-state index in [0.717, 1.165) is 0 Å². The number of hydrogen-bond acceptors (Lipinski definition) is 7. The van der Waals surface area contributed by atoms with Crippen LogP contribution in [0.2, 0.25) is 0 Å². The van der Waals surface area contributed by atoms with Gasteiger partial charge in [-0.25, -0.2) is 18.4 Å². The molecule has 11 heteroatoms. The number of imidazole rings is 1. The molecule has 0 spiro atoms. The van der Waals surface area contributed by atoms with Gasteiger partial charge in [0.15, 0.2) is 0 Å². The Kier molecular flexibility index (Phi) is 4.96. The van der Waals surface area contributed by atoms with Crippen LogP contribution in [0.1, 0.15) is 17.2 Å². The number of sulfonamides is 1. The Morgan fingerprint density at radius 2 is 1.87 bits per heavy atom. The molecule has 0 saturated heterocycles. The maximum atomic E-state index is 12.6. The van der Waals surface area contributed by atoms with Crippen molar-refractivity contribution in [2.24, 2.45) is 0 Å². The lowest BCUT2D eigenvalue weighted by molar-refractivity contribution is 0.459. The van der Waals surface area contributed by atoms with Crippen molar-refractivity contribution in [2.45, 2.75) is 25.7 Å². The fraction of sp³-hybridized carbons (Fsp3) is 0.158. The number of hydrogen-bond donors (Lipinski definition) is 2. The van der Waals surface area contributed by atoms with Crippen LogP contribution in [0.25, 0.3) is 5.82 Å². The Labute approximate surface area is 173 Å². The summed E-state index contributed by atoms with van der Waals surface area (Å²) < 4.78 is 35.4. The minimum absolute atomic E-state index is 0.145. The number of aromatic amines is 1. The van der Waals surface area contributed by atoms with Gasteiger partial charge in [0.25, 0.3) is 10.0 Å². The van der Waals surface area contributed by atoms with Crippen molar-refractivity contribution in [3.63, 3.8) is 0 Å². The predicted molar refractivity (Wildman–Crippen MR) is 109 cm³/mol. The van der Waals surface area contributed by atoms with Gasteiger partial charge in [0, 0.05) is 24.1 Å². The molecule has 2 N–H and O–H groups in total. The largest absolute Gasteiger partial charge is 0.439 e. The van der Waals surface area contributed by atoms with Crippen LogP contribution >= 0.6 is 0 Å². The van der Waals surface area contributed by atoms with Gasteiger partial charge >= 0.3 is 0 Å². The first-order valence-corrected chi connectivity index (χ1v) is 10.5. The average Bonchev–Trinajstić information content (AvgIpc) is 3.33. The van der Waals surface area contributed by atoms with Gasteiger partial charge in [-0.2, -0.15) is 10.1 Å². The molecule has 0 aliphatic carbocycles. The normalized spacial score (nSPS) is 11.4. The molecular weight excluding hydrogens is 406 g/mol. The summed E-state index contributed by atoms with van der Waals surface area (Å²) in [5.41, 5.74) is 1.29. The van der Waals surface area contributed by atoms with Crippen molar-refractivity contribution in [2.75, 3.05) is 4.72 Å². The second-order valence-electron chi connectivity index (χ2n) is 6.58. The summed E-state index contributed by atoms with van der Waals surface area (Å²) in [5.74, 6) is 2.05. The second-order valence-corrected chi connectivity index (χ2v) is 8.20. The van der Waals surface area contributed by atoms with E-state index in [9.17, 15) is 8.42 Å². The number of ether oxygens (including phenoxy) is 1. The minimum Gasteiger partial charge on any atom is -0.439 e. The summed E-state index contributed by atoms with van der Waals surface area (Å²) in [5, 5.41) is 6.61. The van der Waals surface area contributed by atoms with E-state index in [4.69, 9.17) is 4.74 Å². The van der Waals surface area contributed by atoms with E-state index in [1.54, 1.807) is 74.4 Å². The molecule has 30 heavy (non-hydrogen) atoms. The van der Waals surface area contributed by atoms with Crippen molar-refractivity contribution >= 4 is 15.7 Å². The van der Waals surface area contributed by atoms with E-state index < -0.39 is 10.0 Å². The Bertz CT molecular complexity index is 1260. The molecule has 1 aromatic carbocycles. The smallest absolute Gasteiger partial charge is 0.265 e. The zero-order valence-corrected chi connectivity index (χ0v) is 17.3. The molecule has 0 fully saturated rings. The van der Waals surface area contributed by atoms with E-state index in [0.29, 0.717) is 40.3 Å². The zero-order valence-electron chi connectivity index (χ0n) is 16.5. The highest BCUT2D eigenvalue weighted by atomic mass is 32.2. The van der Waals surface area contributed by atoms with E-state index in [-0.39, 0.29) is 4.90 Å². The molecule has 0 radical (unpaired) electrons. The maximum Gasteiger partial charge on any atom is 0.265 e. The van der Waals surface area contributed by atoms with Crippen LogP contribution in [0.5, 0.6) is 11.6 Å². The van der Waals surface area contributed by atoms with Crippen LogP contribution in [-0.2, 0) is 10.0 Å². The molecular formula is C19H19N7O3S. The number of H-pyrrole nitrogens is 1. The van der Waals surface area contributed by atoms with Crippen LogP contribution in [0.3, 0.4) is 0 Å². The third-order valence-corrected chi connectivity index (χ3v) is 5.87. The third-order valence-electron chi connectivity index (χ3n) is 4.23. The lowest BCUT2D eigenvalue weighted by Crippen LogP contribution is -2.14.